The number of hydrogen-bond donors (Lipinski definition) is 1. The SMILES string of the molecule is CCOc1cc2c(=O)[nH]c3c(C(=O)C(C)(C)C)sc(=S)n3c2cc1OCC. The van der Waals surface area contributed by atoms with E-state index in [9.17, 15) is 9.59 Å². The van der Waals surface area contributed by atoms with Crippen LogP contribution in [0.3, 0.4) is 0 Å². The number of Topliss-reactive ketones (excluding diaryl/α,β-unsaturated/α-hetero) is 1. The average Bonchev–Trinajstić information content (AvgIpc) is 2.91. The van der Waals surface area contributed by atoms with Crippen molar-refractivity contribution in [3.8, 4) is 11.5 Å². The van der Waals surface area contributed by atoms with E-state index in [4.69, 9.17) is 21.7 Å². The summed E-state index contributed by atoms with van der Waals surface area (Å²) in [4.78, 5) is 28.9. The van der Waals surface area contributed by atoms with Crippen LogP contribution in [0.1, 0.15) is 44.3 Å². The zero-order valence-corrected chi connectivity index (χ0v) is 17.6. The number of fused-ring (bicyclic) bond motifs is 3. The minimum atomic E-state index is -0.582. The van der Waals surface area contributed by atoms with Crippen LogP contribution in [0, 0.1) is 9.37 Å². The highest BCUT2D eigenvalue weighted by molar-refractivity contribution is 7.73. The van der Waals surface area contributed by atoms with E-state index in [0.29, 0.717) is 50.1 Å². The van der Waals surface area contributed by atoms with Gasteiger partial charge in [-0.25, -0.2) is 0 Å². The van der Waals surface area contributed by atoms with Gasteiger partial charge in [-0.15, -0.1) is 0 Å². The third-order valence-electron chi connectivity index (χ3n) is 4.08. The highest BCUT2D eigenvalue weighted by atomic mass is 32.1. The van der Waals surface area contributed by atoms with Crippen molar-refractivity contribution in [2.45, 2.75) is 34.6 Å². The number of ketones is 1. The summed E-state index contributed by atoms with van der Waals surface area (Å²) in [6.45, 7) is 10.2. The third kappa shape index (κ3) is 3.39. The van der Waals surface area contributed by atoms with Crippen molar-refractivity contribution in [1.29, 1.82) is 0 Å². The summed E-state index contributed by atoms with van der Waals surface area (Å²) in [6.07, 6.45) is 0. The first-order chi connectivity index (χ1) is 12.7. The largest absolute Gasteiger partial charge is 0.490 e. The van der Waals surface area contributed by atoms with E-state index in [-0.39, 0.29) is 11.3 Å². The first kappa shape index (κ1) is 19.6. The number of ether oxygens (including phenoxy) is 2. The predicted molar refractivity (Wildman–Crippen MR) is 110 cm³/mol. The number of carbonyl (C=O) groups is 1. The molecule has 3 rings (SSSR count). The van der Waals surface area contributed by atoms with Gasteiger partial charge in [-0.3, -0.25) is 14.0 Å². The Balaban J connectivity index is 2.42. The molecule has 6 nitrogen and oxygen atoms in total. The molecule has 0 amide bonds. The van der Waals surface area contributed by atoms with Crippen molar-refractivity contribution in [2.24, 2.45) is 5.41 Å². The van der Waals surface area contributed by atoms with E-state index < -0.39 is 5.41 Å². The van der Waals surface area contributed by atoms with Crippen LogP contribution in [0.25, 0.3) is 16.6 Å². The number of hydrogen-bond acceptors (Lipinski definition) is 6. The summed E-state index contributed by atoms with van der Waals surface area (Å²) in [5.41, 5.74) is 0.134. The lowest BCUT2D eigenvalue weighted by molar-refractivity contribution is 0.0864. The molecule has 0 aliphatic heterocycles. The number of aromatic nitrogens is 2. The lowest BCUT2D eigenvalue weighted by Crippen LogP contribution is -2.20. The highest BCUT2D eigenvalue weighted by Gasteiger charge is 2.28. The van der Waals surface area contributed by atoms with Crippen molar-refractivity contribution < 1.29 is 14.3 Å². The van der Waals surface area contributed by atoms with Crippen LogP contribution in [-0.4, -0.2) is 28.4 Å². The van der Waals surface area contributed by atoms with Gasteiger partial charge in [-0.2, -0.15) is 0 Å². The molecular formula is C19H22N2O4S2. The lowest BCUT2D eigenvalue weighted by Gasteiger charge is -2.15. The fraction of sp³-hybridized carbons (Fsp3) is 0.421. The maximum atomic E-state index is 12.8. The monoisotopic (exact) mass is 406 g/mol. The first-order valence-corrected chi connectivity index (χ1v) is 9.97. The van der Waals surface area contributed by atoms with E-state index in [2.05, 4.69) is 4.98 Å². The molecule has 0 radical (unpaired) electrons. The van der Waals surface area contributed by atoms with Crippen molar-refractivity contribution in [3.63, 3.8) is 0 Å². The van der Waals surface area contributed by atoms with Crippen LogP contribution in [0.15, 0.2) is 16.9 Å². The van der Waals surface area contributed by atoms with Crippen molar-refractivity contribution in [1.82, 2.24) is 9.38 Å². The third-order valence-corrected chi connectivity index (χ3v) is 5.45. The molecule has 0 unspecified atom stereocenters. The molecule has 0 bridgehead atoms. The van der Waals surface area contributed by atoms with Gasteiger partial charge < -0.3 is 14.5 Å². The average molecular weight is 407 g/mol. The van der Waals surface area contributed by atoms with Crippen LogP contribution in [0.5, 0.6) is 11.5 Å². The van der Waals surface area contributed by atoms with Crippen LogP contribution in [0.4, 0.5) is 0 Å². The van der Waals surface area contributed by atoms with E-state index in [1.807, 2.05) is 34.6 Å². The minimum absolute atomic E-state index is 0.0629. The second kappa shape index (κ2) is 7.09. The number of aromatic amines is 1. The van der Waals surface area contributed by atoms with E-state index >= 15 is 0 Å². The van der Waals surface area contributed by atoms with Gasteiger partial charge in [0.1, 0.15) is 10.5 Å². The smallest absolute Gasteiger partial charge is 0.259 e. The van der Waals surface area contributed by atoms with Gasteiger partial charge in [-0.05, 0) is 32.1 Å². The molecule has 27 heavy (non-hydrogen) atoms. The second-order valence-corrected chi connectivity index (χ2v) is 8.74. The standard InChI is InChI=1S/C19H22N2O4S2/c1-6-24-12-8-10-11(9-13(12)25-7-2)21-16(20-17(10)23)14(27-18(21)26)15(22)19(3,4)5/h8-9H,6-7H2,1-5H3,(H,20,23). The minimum Gasteiger partial charge on any atom is -0.490 e. The molecule has 2 heterocycles. The van der Waals surface area contributed by atoms with E-state index in [1.54, 1.807) is 16.5 Å². The van der Waals surface area contributed by atoms with Crippen LogP contribution >= 0.6 is 23.6 Å². The molecule has 144 valence electrons. The molecule has 0 saturated carbocycles. The molecule has 2 aromatic heterocycles. The molecule has 0 aliphatic carbocycles. The summed E-state index contributed by atoms with van der Waals surface area (Å²) in [5.74, 6) is 0.979. The molecule has 1 aromatic carbocycles. The van der Waals surface area contributed by atoms with E-state index in [0.717, 1.165) is 0 Å². The summed E-state index contributed by atoms with van der Waals surface area (Å²) < 4.78 is 13.5. The maximum absolute atomic E-state index is 12.8. The molecule has 0 fully saturated rings. The number of H-pyrrole nitrogens is 1. The van der Waals surface area contributed by atoms with Gasteiger partial charge in [0.25, 0.3) is 5.56 Å². The lowest BCUT2D eigenvalue weighted by atomic mass is 9.90. The molecule has 0 saturated heterocycles. The Morgan fingerprint density at radius 1 is 1.19 bits per heavy atom. The Morgan fingerprint density at radius 3 is 2.33 bits per heavy atom. The topological polar surface area (TPSA) is 72.8 Å². The molecule has 8 heteroatoms. The zero-order chi connectivity index (χ0) is 19.9. The maximum Gasteiger partial charge on any atom is 0.259 e. The Morgan fingerprint density at radius 2 is 1.78 bits per heavy atom. The highest BCUT2D eigenvalue weighted by Crippen LogP contribution is 2.34. The predicted octanol–water partition coefficient (Wildman–Crippen LogP) is 4.60. The van der Waals surface area contributed by atoms with Crippen LogP contribution in [0.2, 0.25) is 0 Å². The number of rotatable bonds is 5. The quantitative estimate of drug-likeness (QED) is 0.495. The van der Waals surface area contributed by atoms with Gasteiger partial charge >= 0.3 is 0 Å². The molecule has 0 aliphatic rings. The number of carbonyl (C=O) groups excluding carboxylic acids is 1. The molecule has 1 N–H and O–H groups in total. The summed E-state index contributed by atoms with van der Waals surface area (Å²) in [5, 5.41) is 0.429. The number of thiazole rings is 1. The van der Waals surface area contributed by atoms with Gasteiger partial charge in [-0.1, -0.05) is 32.1 Å². The van der Waals surface area contributed by atoms with Crippen LogP contribution in [-0.2, 0) is 0 Å². The number of nitrogens with one attached hydrogen (secondary N) is 1. The molecular weight excluding hydrogens is 384 g/mol. The van der Waals surface area contributed by atoms with Crippen molar-refractivity contribution in [2.75, 3.05) is 13.2 Å². The number of nitrogens with zero attached hydrogens (tertiary/aromatic N) is 1. The summed E-state index contributed by atoms with van der Waals surface area (Å²) in [6, 6.07) is 3.41. The van der Waals surface area contributed by atoms with Gasteiger partial charge in [0, 0.05) is 11.5 Å². The van der Waals surface area contributed by atoms with Crippen molar-refractivity contribution in [3.05, 3.63) is 31.3 Å². The van der Waals surface area contributed by atoms with Gasteiger partial charge in [0.05, 0.1) is 24.1 Å². The Bertz CT molecular complexity index is 1150. The van der Waals surface area contributed by atoms with E-state index in [1.165, 1.54) is 11.3 Å². The Labute approximate surface area is 165 Å². The fourth-order valence-electron chi connectivity index (χ4n) is 2.83. The summed E-state index contributed by atoms with van der Waals surface area (Å²) in [7, 11) is 0. The van der Waals surface area contributed by atoms with Gasteiger partial charge in [0.2, 0.25) is 0 Å². The number of benzene rings is 1. The van der Waals surface area contributed by atoms with Crippen LogP contribution < -0.4 is 15.0 Å². The zero-order valence-electron chi connectivity index (χ0n) is 16.0. The molecule has 0 atom stereocenters. The second-order valence-electron chi connectivity index (χ2n) is 7.10. The van der Waals surface area contributed by atoms with Gasteiger partial charge in [0.15, 0.2) is 21.2 Å². The molecule has 3 aromatic rings. The fourth-order valence-corrected chi connectivity index (χ4v) is 4.36. The normalized spacial score (nSPS) is 11.9. The first-order valence-electron chi connectivity index (χ1n) is 8.75. The Kier molecular flexibility index (Phi) is 5.14. The molecule has 0 spiro atoms. The van der Waals surface area contributed by atoms with Crippen molar-refractivity contribution >= 4 is 45.9 Å². The summed E-state index contributed by atoms with van der Waals surface area (Å²) >= 11 is 6.72. The Hall–Kier alpha value is -2.19.